The molecule has 0 aliphatic carbocycles. The maximum atomic E-state index is 12.4. The SMILES string of the molecule is O=C(NS(=O)(=O)c1cnc2sccn12)C1CCn2nncc2C1. The van der Waals surface area contributed by atoms with E-state index in [1.807, 2.05) is 0 Å². The molecule has 0 aromatic carbocycles. The van der Waals surface area contributed by atoms with Gasteiger partial charge in [-0.15, -0.1) is 16.4 Å². The number of thiazole rings is 1. The Morgan fingerprint density at radius 1 is 1.39 bits per heavy atom. The summed E-state index contributed by atoms with van der Waals surface area (Å²) in [6.07, 6.45) is 5.41. The van der Waals surface area contributed by atoms with Crippen LogP contribution in [0, 0.1) is 5.92 Å². The molecule has 3 aromatic heterocycles. The molecule has 1 atom stereocenters. The van der Waals surface area contributed by atoms with Gasteiger partial charge in [0, 0.05) is 30.5 Å². The van der Waals surface area contributed by atoms with Crippen LogP contribution in [0.2, 0.25) is 0 Å². The van der Waals surface area contributed by atoms with Crippen LogP contribution in [-0.4, -0.2) is 38.7 Å². The summed E-state index contributed by atoms with van der Waals surface area (Å²) in [5.41, 5.74) is 0.832. The van der Waals surface area contributed by atoms with Crippen molar-refractivity contribution < 1.29 is 13.2 Å². The largest absolute Gasteiger partial charge is 0.281 e. The van der Waals surface area contributed by atoms with Gasteiger partial charge in [0.05, 0.1) is 18.1 Å². The fourth-order valence-corrected chi connectivity index (χ4v) is 4.54. The highest BCUT2D eigenvalue weighted by Gasteiger charge is 2.30. The quantitative estimate of drug-likeness (QED) is 0.713. The minimum Gasteiger partial charge on any atom is -0.279 e. The van der Waals surface area contributed by atoms with Crippen molar-refractivity contribution in [3.63, 3.8) is 0 Å². The number of nitrogens with one attached hydrogen (secondary N) is 1. The van der Waals surface area contributed by atoms with E-state index in [0.717, 1.165) is 5.69 Å². The molecule has 0 bridgehead atoms. The predicted molar refractivity (Wildman–Crippen MR) is 80.2 cm³/mol. The first-order chi connectivity index (χ1) is 11.0. The van der Waals surface area contributed by atoms with Crippen molar-refractivity contribution in [1.82, 2.24) is 29.1 Å². The van der Waals surface area contributed by atoms with Crippen LogP contribution >= 0.6 is 11.3 Å². The third-order valence-corrected chi connectivity index (χ3v) is 5.93. The Morgan fingerprint density at radius 2 is 2.26 bits per heavy atom. The lowest BCUT2D eigenvalue weighted by atomic mass is 9.96. The number of rotatable bonds is 3. The van der Waals surface area contributed by atoms with Gasteiger partial charge in [-0.1, -0.05) is 5.21 Å². The Balaban J connectivity index is 1.56. The Bertz CT molecular complexity index is 985. The van der Waals surface area contributed by atoms with Crippen LogP contribution in [-0.2, 0) is 27.8 Å². The lowest BCUT2D eigenvalue weighted by Gasteiger charge is -2.21. The molecule has 0 saturated carbocycles. The molecular weight excluding hydrogens is 340 g/mol. The number of nitrogens with zero attached hydrogens (tertiary/aromatic N) is 5. The zero-order chi connectivity index (χ0) is 16.0. The summed E-state index contributed by atoms with van der Waals surface area (Å²) in [4.78, 5) is 16.9. The van der Waals surface area contributed by atoms with Gasteiger partial charge in [-0.25, -0.2) is 14.4 Å². The number of hydrogen-bond donors (Lipinski definition) is 1. The van der Waals surface area contributed by atoms with E-state index in [-0.39, 0.29) is 5.03 Å². The number of sulfonamides is 1. The van der Waals surface area contributed by atoms with Gasteiger partial charge in [-0.05, 0) is 6.42 Å². The van der Waals surface area contributed by atoms with E-state index in [0.29, 0.717) is 24.3 Å². The second-order valence-electron chi connectivity index (χ2n) is 5.26. The zero-order valence-electron chi connectivity index (χ0n) is 11.8. The van der Waals surface area contributed by atoms with Gasteiger partial charge in [0.15, 0.2) is 9.99 Å². The second-order valence-corrected chi connectivity index (χ2v) is 7.76. The molecule has 1 aliphatic rings. The summed E-state index contributed by atoms with van der Waals surface area (Å²) in [6, 6.07) is 0. The fourth-order valence-electron chi connectivity index (χ4n) is 2.65. The first kappa shape index (κ1) is 14.3. The van der Waals surface area contributed by atoms with Crippen LogP contribution in [0.25, 0.3) is 4.96 Å². The van der Waals surface area contributed by atoms with E-state index in [4.69, 9.17) is 0 Å². The molecule has 1 N–H and O–H groups in total. The van der Waals surface area contributed by atoms with E-state index in [1.54, 1.807) is 22.5 Å². The third kappa shape index (κ3) is 2.41. The van der Waals surface area contributed by atoms with Crippen LogP contribution in [0.5, 0.6) is 0 Å². The molecule has 23 heavy (non-hydrogen) atoms. The molecule has 1 unspecified atom stereocenters. The van der Waals surface area contributed by atoms with Gasteiger partial charge in [-0.2, -0.15) is 8.42 Å². The topological polar surface area (TPSA) is 111 Å². The number of amides is 1. The molecule has 0 fully saturated rings. The molecule has 3 aromatic rings. The van der Waals surface area contributed by atoms with Crippen molar-refractivity contribution in [2.24, 2.45) is 5.92 Å². The van der Waals surface area contributed by atoms with E-state index in [1.165, 1.54) is 21.9 Å². The van der Waals surface area contributed by atoms with Gasteiger partial charge in [-0.3, -0.25) is 9.20 Å². The number of aryl methyl sites for hydroxylation is 1. The summed E-state index contributed by atoms with van der Waals surface area (Å²) < 4.78 is 30.2. The molecule has 9 nitrogen and oxygen atoms in total. The van der Waals surface area contributed by atoms with E-state index >= 15 is 0 Å². The standard InChI is InChI=1S/C12H12N6O3S2/c19-11(8-1-2-18-9(5-8)6-14-16-18)15-23(20,21)10-7-13-12-17(10)3-4-22-12/h3-4,6-8H,1-2,5H2,(H,15,19). The summed E-state index contributed by atoms with van der Waals surface area (Å²) in [5.74, 6) is -0.927. The number of hydrogen-bond acceptors (Lipinski definition) is 7. The zero-order valence-corrected chi connectivity index (χ0v) is 13.4. The Labute approximate surface area is 135 Å². The number of carbonyl (C=O) groups excluding carboxylic acids is 1. The Hall–Kier alpha value is -2.27. The van der Waals surface area contributed by atoms with Crippen LogP contribution in [0.1, 0.15) is 12.1 Å². The molecule has 0 saturated heterocycles. The van der Waals surface area contributed by atoms with E-state index < -0.39 is 21.8 Å². The fraction of sp³-hybridized carbons (Fsp3) is 0.333. The summed E-state index contributed by atoms with van der Waals surface area (Å²) in [5, 5.41) is 9.39. The number of carbonyl (C=O) groups is 1. The molecule has 4 heterocycles. The summed E-state index contributed by atoms with van der Waals surface area (Å²) in [7, 11) is -3.96. The van der Waals surface area contributed by atoms with Gasteiger partial charge in [0.1, 0.15) is 0 Å². The monoisotopic (exact) mass is 352 g/mol. The minimum absolute atomic E-state index is 0.0374. The highest BCUT2D eigenvalue weighted by atomic mass is 32.2. The maximum Gasteiger partial charge on any atom is 0.281 e. The Kier molecular flexibility index (Phi) is 3.20. The average molecular weight is 352 g/mol. The van der Waals surface area contributed by atoms with Crippen molar-refractivity contribution in [3.8, 4) is 0 Å². The molecule has 0 spiro atoms. The molecule has 11 heteroatoms. The molecule has 1 aliphatic heterocycles. The first-order valence-electron chi connectivity index (χ1n) is 6.89. The molecule has 0 radical (unpaired) electrons. The molecular formula is C12H12N6O3S2. The third-order valence-electron chi connectivity index (χ3n) is 3.84. The van der Waals surface area contributed by atoms with E-state index in [2.05, 4.69) is 20.0 Å². The maximum absolute atomic E-state index is 12.4. The van der Waals surface area contributed by atoms with Crippen LogP contribution in [0.3, 0.4) is 0 Å². The lowest BCUT2D eigenvalue weighted by Crippen LogP contribution is -2.39. The predicted octanol–water partition coefficient (Wildman–Crippen LogP) is 0.0548. The smallest absolute Gasteiger partial charge is 0.279 e. The molecule has 120 valence electrons. The second kappa shape index (κ2) is 5.13. The van der Waals surface area contributed by atoms with Gasteiger partial charge < -0.3 is 0 Å². The van der Waals surface area contributed by atoms with Crippen LogP contribution in [0.15, 0.2) is 29.0 Å². The van der Waals surface area contributed by atoms with Crippen LogP contribution < -0.4 is 4.72 Å². The van der Waals surface area contributed by atoms with Gasteiger partial charge in [0.2, 0.25) is 5.91 Å². The normalized spacial score (nSPS) is 18.0. The van der Waals surface area contributed by atoms with Gasteiger partial charge >= 0.3 is 0 Å². The van der Waals surface area contributed by atoms with Gasteiger partial charge in [0.25, 0.3) is 10.0 Å². The molecule has 4 rings (SSSR count). The Morgan fingerprint density at radius 3 is 3.13 bits per heavy atom. The summed E-state index contributed by atoms with van der Waals surface area (Å²) in [6.45, 7) is 0.551. The average Bonchev–Trinajstić information content (AvgIpc) is 3.21. The number of aromatic nitrogens is 5. The van der Waals surface area contributed by atoms with Crippen molar-refractivity contribution >= 4 is 32.2 Å². The van der Waals surface area contributed by atoms with Crippen molar-refractivity contribution in [2.75, 3.05) is 0 Å². The number of fused-ring (bicyclic) bond motifs is 2. The highest BCUT2D eigenvalue weighted by Crippen LogP contribution is 2.21. The number of imidazole rings is 1. The summed E-state index contributed by atoms with van der Waals surface area (Å²) >= 11 is 1.32. The first-order valence-corrected chi connectivity index (χ1v) is 9.25. The highest BCUT2D eigenvalue weighted by molar-refractivity contribution is 7.90. The van der Waals surface area contributed by atoms with Crippen molar-refractivity contribution in [3.05, 3.63) is 29.7 Å². The van der Waals surface area contributed by atoms with Crippen LogP contribution in [0.4, 0.5) is 0 Å². The molecule has 1 amide bonds. The van der Waals surface area contributed by atoms with Crippen molar-refractivity contribution in [1.29, 1.82) is 0 Å². The van der Waals surface area contributed by atoms with Crippen molar-refractivity contribution in [2.45, 2.75) is 24.4 Å². The lowest BCUT2D eigenvalue weighted by molar-refractivity contribution is -0.123. The minimum atomic E-state index is -3.96. The van der Waals surface area contributed by atoms with E-state index in [9.17, 15) is 13.2 Å².